The van der Waals surface area contributed by atoms with Crippen LogP contribution in [0.2, 0.25) is 0 Å². The number of anilines is 1. The topological polar surface area (TPSA) is 29.1 Å². The smallest absolute Gasteiger partial charge is 0.265 e. The van der Waals surface area contributed by atoms with Gasteiger partial charge < -0.3 is 5.32 Å². The van der Waals surface area contributed by atoms with Gasteiger partial charge in [-0.3, -0.25) is 4.79 Å². The van der Waals surface area contributed by atoms with E-state index in [0.29, 0.717) is 4.88 Å². The van der Waals surface area contributed by atoms with E-state index in [1.54, 1.807) is 0 Å². The number of hydrogen-bond acceptors (Lipinski definition) is 2. The number of thiophene rings is 1. The lowest BCUT2D eigenvalue weighted by atomic mass is 10.2. The Hall–Kier alpha value is -1.13. The van der Waals surface area contributed by atoms with Gasteiger partial charge in [-0.2, -0.15) is 0 Å². The third-order valence-electron chi connectivity index (χ3n) is 2.12. The summed E-state index contributed by atoms with van der Waals surface area (Å²) >= 11 is 4.86. The van der Waals surface area contributed by atoms with Gasteiger partial charge in [-0.1, -0.05) is 12.1 Å². The van der Waals surface area contributed by atoms with E-state index in [1.807, 2.05) is 42.6 Å². The second-order valence-corrected chi connectivity index (χ2v) is 5.22. The maximum absolute atomic E-state index is 11.8. The molecule has 0 spiro atoms. The molecule has 0 radical (unpaired) electrons. The molecule has 0 fully saturated rings. The molecule has 4 heteroatoms. The number of carbonyl (C=O) groups is 1. The van der Waals surface area contributed by atoms with Gasteiger partial charge in [0.05, 0.1) is 10.6 Å². The van der Waals surface area contributed by atoms with Crippen LogP contribution in [0, 0.1) is 6.92 Å². The van der Waals surface area contributed by atoms with E-state index in [0.717, 1.165) is 15.7 Å². The van der Waals surface area contributed by atoms with Crippen molar-refractivity contribution in [3.8, 4) is 0 Å². The van der Waals surface area contributed by atoms with E-state index < -0.39 is 0 Å². The number of benzene rings is 1. The summed E-state index contributed by atoms with van der Waals surface area (Å²) in [6, 6.07) is 9.51. The van der Waals surface area contributed by atoms with Gasteiger partial charge >= 0.3 is 0 Å². The molecule has 0 saturated heterocycles. The summed E-state index contributed by atoms with van der Waals surface area (Å²) in [6.45, 7) is 2.01. The fourth-order valence-electron chi connectivity index (χ4n) is 1.31. The van der Waals surface area contributed by atoms with Crippen LogP contribution in [-0.4, -0.2) is 5.91 Å². The molecule has 0 unspecified atom stereocenters. The third kappa shape index (κ3) is 2.51. The van der Waals surface area contributed by atoms with Crippen molar-refractivity contribution < 1.29 is 4.79 Å². The Labute approximate surface area is 106 Å². The molecular weight excluding hydrogens is 286 g/mol. The highest BCUT2D eigenvalue weighted by Gasteiger charge is 2.08. The molecule has 0 bridgehead atoms. The first-order chi connectivity index (χ1) is 7.66. The average molecular weight is 296 g/mol. The Morgan fingerprint density at radius 1 is 1.38 bits per heavy atom. The molecule has 2 aromatic rings. The van der Waals surface area contributed by atoms with Crippen molar-refractivity contribution in [2.45, 2.75) is 6.92 Å². The van der Waals surface area contributed by atoms with Crippen LogP contribution in [0.5, 0.6) is 0 Å². The number of amides is 1. The monoisotopic (exact) mass is 295 g/mol. The Balaban J connectivity index is 2.18. The standard InChI is InChI=1S/C12H10BrNOS/c1-8-4-5-10(9(13)7-8)14-12(15)11-3-2-6-16-11/h2-7H,1H3,(H,14,15). The molecule has 1 heterocycles. The van der Waals surface area contributed by atoms with Crippen molar-refractivity contribution >= 4 is 38.9 Å². The maximum Gasteiger partial charge on any atom is 0.265 e. The number of hydrogen-bond donors (Lipinski definition) is 1. The van der Waals surface area contributed by atoms with Gasteiger partial charge in [-0.25, -0.2) is 0 Å². The molecule has 1 N–H and O–H groups in total. The lowest BCUT2D eigenvalue weighted by Gasteiger charge is -2.06. The second kappa shape index (κ2) is 4.80. The summed E-state index contributed by atoms with van der Waals surface area (Å²) in [4.78, 5) is 12.5. The van der Waals surface area contributed by atoms with Gasteiger partial charge in [0.1, 0.15) is 0 Å². The average Bonchev–Trinajstić information content (AvgIpc) is 2.75. The van der Waals surface area contributed by atoms with Crippen LogP contribution in [-0.2, 0) is 0 Å². The van der Waals surface area contributed by atoms with E-state index in [9.17, 15) is 4.79 Å². The number of rotatable bonds is 2. The molecule has 0 aliphatic heterocycles. The Morgan fingerprint density at radius 2 is 2.19 bits per heavy atom. The molecule has 2 nitrogen and oxygen atoms in total. The molecule has 0 aliphatic rings. The van der Waals surface area contributed by atoms with Gasteiger partial charge in [0.15, 0.2) is 0 Å². The first kappa shape index (κ1) is 11.4. The highest BCUT2D eigenvalue weighted by Crippen LogP contribution is 2.24. The van der Waals surface area contributed by atoms with Crippen molar-refractivity contribution in [3.63, 3.8) is 0 Å². The van der Waals surface area contributed by atoms with Gasteiger partial charge in [0, 0.05) is 4.47 Å². The molecule has 0 aliphatic carbocycles. The molecule has 2 rings (SSSR count). The fourth-order valence-corrected chi connectivity index (χ4v) is 2.52. The third-order valence-corrected chi connectivity index (χ3v) is 3.64. The van der Waals surface area contributed by atoms with E-state index in [1.165, 1.54) is 11.3 Å². The number of nitrogens with one attached hydrogen (secondary N) is 1. The summed E-state index contributed by atoms with van der Waals surface area (Å²) in [5.41, 5.74) is 1.95. The van der Waals surface area contributed by atoms with Crippen molar-refractivity contribution in [3.05, 3.63) is 50.6 Å². The SMILES string of the molecule is Cc1ccc(NC(=O)c2cccs2)c(Br)c1. The minimum absolute atomic E-state index is 0.0699. The van der Waals surface area contributed by atoms with Crippen LogP contribution in [0.25, 0.3) is 0 Å². The predicted octanol–water partition coefficient (Wildman–Crippen LogP) is 4.07. The Morgan fingerprint density at radius 3 is 2.81 bits per heavy atom. The van der Waals surface area contributed by atoms with Crippen LogP contribution in [0.15, 0.2) is 40.2 Å². The quantitative estimate of drug-likeness (QED) is 0.889. The Bertz CT molecular complexity index is 508. The molecule has 0 atom stereocenters. The first-order valence-electron chi connectivity index (χ1n) is 4.78. The van der Waals surface area contributed by atoms with Crippen molar-refractivity contribution in [2.24, 2.45) is 0 Å². The molecular formula is C12H10BrNOS. The zero-order chi connectivity index (χ0) is 11.5. The van der Waals surface area contributed by atoms with E-state index >= 15 is 0 Å². The summed E-state index contributed by atoms with van der Waals surface area (Å²) in [5, 5.41) is 4.75. The molecule has 1 aromatic carbocycles. The van der Waals surface area contributed by atoms with Gasteiger partial charge in [0.25, 0.3) is 5.91 Å². The first-order valence-corrected chi connectivity index (χ1v) is 6.45. The highest BCUT2D eigenvalue weighted by atomic mass is 79.9. The van der Waals surface area contributed by atoms with Crippen LogP contribution in [0.3, 0.4) is 0 Å². The van der Waals surface area contributed by atoms with Crippen LogP contribution < -0.4 is 5.32 Å². The van der Waals surface area contributed by atoms with Crippen molar-refractivity contribution in [1.82, 2.24) is 0 Å². The lowest BCUT2D eigenvalue weighted by molar-refractivity contribution is 0.103. The summed E-state index contributed by atoms with van der Waals surface area (Å²) in [6.07, 6.45) is 0. The molecule has 0 saturated carbocycles. The van der Waals surface area contributed by atoms with Gasteiger partial charge in [-0.15, -0.1) is 11.3 Å². The zero-order valence-electron chi connectivity index (χ0n) is 8.66. The number of halogens is 1. The minimum Gasteiger partial charge on any atom is -0.320 e. The van der Waals surface area contributed by atoms with Crippen LogP contribution >= 0.6 is 27.3 Å². The van der Waals surface area contributed by atoms with Gasteiger partial charge in [-0.05, 0) is 52.0 Å². The summed E-state index contributed by atoms with van der Waals surface area (Å²) in [5.74, 6) is -0.0699. The van der Waals surface area contributed by atoms with Crippen molar-refractivity contribution in [1.29, 1.82) is 0 Å². The van der Waals surface area contributed by atoms with Crippen LogP contribution in [0.1, 0.15) is 15.2 Å². The predicted molar refractivity (Wildman–Crippen MR) is 71.2 cm³/mol. The number of carbonyl (C=O) groups excluding carboxylic acids is 1. The Kier molecular flexibility index (Phi) is 3.41. The zero-order valence-corrected chi connectivity index (χ0v) is 11.1. The minimum atomic E-state index is -0.0699. The lowest BCUT2D eigenvalue weighted by Crippen LogP contribution is -2.10. The normalized spacial score (nSPS) is 10.1. The molecule has 82 valence electrons. The largest absolute Gasteiger partial charge is 0.320 e. The fraction of sp³-hybridized carbons (Fsp3) is 0.0833. The molecule has 1 aromatic heterocycles. The maximum atomic E-state index is 11.8. The van der Waals surface area contributed by atoms with E-state index in [-0.39, 0.29) is 5.91 Å². The van der Waals surface area contributed by atoms with E-state index in [2.05, 4.69) is 21.2 Å². The number of aryl methyl sites for hydroxylation is 1. The second-order valence-electron chi connectivity index (χ2n) is 3.41. The summed E-state index contributed by atoms with van der Waals surface area (Å²) < 4.78 is 0.900. The highest BCUT2D eigenvalue weighted by molar-refractivity contribution is 9.10. The van der Waals surface area contributed by atoms with Crippen LogP contribution in [0.4, 0.5) is 5.69 Å². The molecule has 16 heavy (non-hydrogen) atoms. The summed E-state index contributed by atoms with van der Waals surface area (Å²) in [7, 11) is 0. The van der Waals surface area contributed by atoms with Crippen molar-refractivity contribution in [2.75, 3.05) is 5.32 Å². The van der Waals surface area contributed by atoms with E-state index in [4.69, 9.17) is 0 Å². The van der Waals surface area contributed by atoms with Gasteiger partial charge in [0.2, 0.25) is 0 Å². The molecule has 1 amide bonds.